The van der Waals surface area contributed by atoms with Crippen LogP contribution in [0.5, 0.6) is 0 Å². The van der Waals surface area contributed by atoms with Gasteiger partial charge < -0.3 is 0 Å². The first-order valence-corrected chi connectivity index (χ1v) is 5.48. The molecule has 4 heteroatoms. The van der Waals surface area contributed by atoms with Crippen LogP contribution in [0.3, 0.4) is 0 Å². The van der Waals surface area contributed by atoms with Crippen molar-refractivity contribution in [2.75, 3.05) is 0 Å². The molecule has 0 N–H and O–H groups in total. The molecule has 0 aromatic carbocycles. The Kier molecular flexibility index (Phi) is 3.63. The van der Waals surface area contributed by atoms with E-state index in [2.05, 4.69) is 16.0 Å². The van der Waals surface area contributed by atoms with E-state index in [-0.39, 0.29) is 6.42 Å². The standard InChI is InChI=1S/C14H10N4/c15-8-7-11-4-3-6-14(18-11)12(10-16)13-5-1-2-9-17-13/h1-6,9,12H,7H2. The van der Waals surface area contributed by atoms with Gasteiger partial charge in [0.1, 0.15) is 5.92 Å². The maximum absolute atomic E-state index is 9.26. The number of hydrogen-bond acceptors (Lipinski definition) is 4. The van der Waals surface area contributed by atoms with Crippen molar-refractivity contribution >= 4 is 0 Å². The van der Waals surface area contributed by atoms with E-state index in [0.29, 0.717) is 17.1 Å². The van der Waals surface area contributed by atoms with Gasteiger partial charge in [-0.2, -0.15) is 10.5 Å². The van der Waals surface area contributed by atoms with Crippen LogP contribution in [0.4, 0.5) is 0 Å². The van der Waals surface area contributed by atoms with Crippen LogP contribution in [0.25, 0.3) is 0 Å². The van der Waals surface area contributed by atoms with Crippen molar-refractivity contribution < 1.29 is 0 Å². The lowest BCUT2D eigenvalue weighted by atomic mass is 10.0. The molecule has 0 fully saturated rings. The van der Waals surface area contributed by atoms with Crippen LogP contribution in [0.2, 0.25) is 0 Å². The van der Waals surface area contributed by atoms with Gasteiger partial charge >= 0.3 is 0 Å². The predicted molar refractivity (Wildman–Crippen MR) is 65.2 cm³/mol. The Morgan fingerprint density at radius 1 is 1.06 bits per heavy atom. The molecule has 0 aliphatic rings. The van der Waals surface area contributed by atoms with Gasteiger partial charge in [0.25, 0.3) is 0 Å². The summed E-state index contributed by atoms with van der Waals surface area (Å²) in [5, 5.41) is 17.9. The molecule has 0 aliphatic carbocycles. The Bertz CT molecular complexity index is 608. The topological polar surface area (TPSA) is 73.4 Å². The summed E-state index contributed by atoms with van der Waals surface area (Å²) in [5.41, 5.74) is 1.97. The average Bonchev–Trinajstić information content (AvgIpc) is 2.42. The molecule has 86 valence electrons. The molecule has 2 heterocycles. The van der Waals surface area contributed by atoms with Gasteiger partial charge in [-0.05, 0) is 24.3 Å². The van der Waals surface area contributed by atoms with Crippen molar-refractivity contribution in [2.24, 2.45) is 0 Å². The summed E-state index contributed by atoms with van der Waals surface area (Å²) in [6.07, 6.45) is 1.90. The zero-order valence-electron chi connectivity index (χ0n) is 9.61. The molecule has 2 aromatic rings. The number of pyridine rings is 2. The molecular formula is C14H10N4. The molecular weight excluding hydrogens is 224 g/mol. The smallest absolute Gasteiger partial charge is 0.130 e. The Balaban J connectivity index is 2.38. The minimum Gasteiger partial charge on any atom is -0.259 e. The first-order valence-electron chi connectivity index (χ1n) is 5.48. The quantitative estimate of drug-likeness (QED) is 0.816. The lowest BCUT2D eigenvalue weighted by molar-refractivity contribution is 0.898. The highest BCUT2D eigenvalue weighted by atomic mass is 14.7. The maximum atomic E-state index is 9.26. The first kappa shape index (κ1) is 11.8. The molecule has 1 unspecified atom stereocenters. The van der Waals surface area contributed by atoms with E-state index in [1.165, 1.54) is 0 Å². The van der Waals surface area contributed by atoms with Gasteiger partial charge in [-0.3, -0.25) is 9.97 Å². The van der Waals surface area contributed by atoms with Gasteiger partial charge in [-0.25, -0.2) is 0 Å². The van der Waals surface area contributed by atoms with Crippen LogP contribution < -0.4 is 0 Å². The van der Waals surface area contributed by atoms with Crippen LogP contribution in [-0.4, -0.2) is 9.97 Å². The van der Waals surface area contributed by atoms with Crippen LogP contribution in [0.15, 0.2) is 42.6 Å². The van der Waals surface area contributed by atoms with Gasteiger partial charge in [0.2, 0.25) is 0 Å². The summed E-state index contributed by atoms with van der Waals surface area (Å²) in [4.78, 5) is 8.50. The molecule has 2 aromatic heterocycles. The minimum atomic E-state index is -0.496. The largest absolute Gasteiger partial charge is 0.259 e. The van der Waals surface area contributed by atoms with Crippen LogP contribution >= 0.6 is 0 Å². The van der Waals surface area contributed by atoms with Gasteiger partial charge in [-0.1, -0.05) is 12.1 Å². The zero-order chi connectivity index (χ0) is 12.8. The summed E-state index contributed by atoms with van der Waals surface area (Å²) in [5.74, 6) is -0.496. The Morgan fingerprint density at radius 3 is 2.56 bits per heavy atom. The lowest BCUT2D eigenvalue weighted by Crippen LogP contribution is -2.04. The van der Waals surface area contributed by atoms with Crippen LogP contribution in [-0.2, 0) is 6.42 Å². The molecule has 4 nitrogen and oxygen atoms in total. The van der Waals surface area contributed by atoms with E-state index in [9.17, 15) is 5.26 Å². The van der Waals surface area contributed by atoms with Crippen molar-refractivity contribution in [3.05, 3.63) is 59.7 Å². The zero-order valence-corrected chi connectivity index (χ0v) is 9.61. The fraction of sp³-hybridized carbons (Fsp3) is 0.143. The van der Waals surface area contributed by atoms with E-state index >= 15 is 0 Å². The summed E-state index contributed by atoms with van der Waals surface area (Å²) in [6.45, 7) is 0. The number of rotatable bonds is 3. The minimum absolute atomic E-state index is 0.244. The van der Waals surface area contributed by atoms with E-state index in [1.54, 1.807) is 30.5 Å². The third-order valence-electron chi connectivity index (χ3n) is 2.50. The number of nitrogens with zero attached hydrogens (tertiary/aromatic N) is 4. The van der Waals surface area contributed by atoms with Crippen molar-refractivity contribution in [3.63, 3.8) is 0 Å². The lowest BCUT2D eigenvalue weighted by Gasteiger charge is -2.08. The number of hydrogen-bond donors (Lipinski definition) is 0. The molecule has 0 saturated carbocycles. The molecule has 1 atom stereocenters. The molecule has 0 radical (unpaired) electrons. The highest BCUT2D eigenvalue weighted by molar-refractivity contribution is 5.31. The highest BCUT2D eigenvalue weighted by Crippen LogP contribution is 2.20. The second kappa shape index (κ2) is 5.56. The van der Waals surface area contributed by atoms with Gasteiger partial charge in [0, 0.05) is 6.20 Å². The molecule has 0 saturated heterocycles. The fourth-order valence-electron chi connectivity index (χ4n) is 1.67. The van der Waals surface area contributed by atoms with Crippen LogP contribution in [0.1, 0.15) is 23.0 Å². The second-order valence-electron chi connectivity index (χ2n) is 3.71. The summed E-state index contributed by atoms with van der Waals surface area (Å²) in [6, 6.07) is 15.0. The van der Waals surface area contributed by atoms with Crippen molar-refractivity contribution in [3.8, 4) is 12.1 Å². The number of aromatic nitrogens is 2. The predicted octanol–water partition coefficient (Wildman–Crippen LogP) is 2.20. The molecule has 18 heavy (non-hydrogen) atoms. The third kappa shape index (κ3) is 2.50. The summed E-state index contributed by atoms with van der Waals surface area (Å²) < 4.78 is 0. The normalized spacial score (nSPS) is 11.2. The maximum Gasteiger partial charge on any atom is 0.130 e. The fourth-order valence-corrected chi connectivity index (χ4v) is 1.67. The van der Waals surface area contributed by atoms with E-state index < -0.39 is 5.92 Å². The Hall–Kier alpha value is -2.72. The van der Waals surface area contributed by atoms with Crippen molar-refractivity contribution in [2.45, 2.75) is 12.3 Å². The van der Waals surface area contributed by atoms with Gasteiger partial charge in [-0.15, -0.1) is 0 Å². The molecule has 0 bridgehead atoms. The molecule has 0 aliphatic heterocycles. The Labute approximate surface area is 105 Å². The monoisotopic (exact) mass is 234 g/mol. The SMILES string of the molecule is N#CCc1cccc(C(C#N)c2ccccn2)n1. The van der Waals surface area contributed by atoms with E-state index in [0.717, 1.165) is 0 Å². The number of nitriles is 2. The van der Waals surface area contributed by atoms with Gasteiger partial charge in [0.05, 0.1) is 35.6 Å². The first-order chi connectivity index (χ1) is 8.85. The summed E-state index contributed by atoms with van der Waals surface area (Å²) in [7, 11) is 0. The van der Waals surface area contributed by atoms with Crippen molar-refractivity contribution in [1.29, 1.82) is 10.5 Å². The van der Waals surface area contributed by atoms with E-state index in [1.807, 2.05) is 18.2 Å². The highest BCUT2D eigenvalue weighted by Gasteiger charge is 2.16. The Morgan fingerprint density at radius 2 is 1.89 bits per heavy atom. The second-order valence-corrected chi connectivity index (χ2v) is 3.71. The van der Waals surface area contributed by atoms with E-state index in [4.69, 9.17) is 5.26 Å². The molecule has 0 spiro atoms. The van der Waals surface area contributed by atoms with Gasteiger partial charge in [0.15, 0.2) is 0 Å². The molecule has 0 amide bonds. The molecule has 2 rings (SSSR count). The summed E-state index contributed by atoms with van der Waals surface area (Å²) >= 11 is 0. The average molecular weight is 234 g/mol. The third-order valence-corrected chi connectivity index (χ3v) is 2.50. The van der Waals surface area contributed by atoms with Crippen molar-refractivity contribution in [1.82, 2.24) is 9.97 Å². The van der Waals surface area contributed by atoms with Crippen LogP contribution in [0, 0.1) is 22.7 Å².